The summed E-state index contributed by atoms with van der Waals surface area (Å²) >= 11 is 0. The number of carbonyl (C=O) groups excluding carboxylic acids is 2. The quantitative estimate of drug-likeness (QED) is 0.406. The first-order chi connectivity index (χ1) is 20.5. The molecular formula is C31H38F3N2O8+. The molecule has 0 radical (unpaired) electrons. The summed E-state index contributed by atoms with van der Waals surface area (Å²) in [5.74, 6) is -3.67. The van der Waals surface area contributed by atoms with Gasteiger partial charge in [-0.3, -0.25) is 4.79 Å². The number of Topliss-reactive ketones (excluding diaryl/α,β-unsaturated/α-hetero) is 1. The predicted molar refractivity (Wildman–Crippen MR) is 154 cm³/mol. The van der Waals surface area contributed by atoms with Gasteiger partial charge >= 0.3 is 18.2 Å². The lowest BCUT2D eigenvalue weighted by Gasteiger charge is -2.54. The number of ether oxygens (including phenoxy) is 4. The van der Waals surface area contributed by atoms with Crippen LogP contribution in [0, 0.1) is 11.3 Å². The zero-order valence-corrected chi connectivity index (χ0v) is 25.5. The van der Waals surface area contributed by atoms with Crippen molar-refractivity contribution in [3.8, 4) is 17.2 Å². The zero-order chi connectivity index (χ0) is 32.7. The van der Waals surface area contributed by atoms with Gasteiger partial charge in [-0.05, 0) is 25.1 Å². The number of piperidine rings is 1. The maximum atomic E-state index is 14.7. The first-order valence-electron chi connectivity index (χ1n) is 14.1. The predicted octanol–water partition coefficient (Wildman–Crippen LogP) is 4.62. The van der Waals surface area contributed by atoms with E-state index in [1.807, 2.05) is 20.8 Å². The molecule has 2 aromatic rings. The fraction of sp³-hybridized carbons (Fsp3) is 0.516. The third-order valence-electron chi connectivity index (χ3n) is 8.30. The number of carboxylic acids is 1. The van der Waals surface area contributed by atoms with Crippen molar-refractivity contribution in [3.63, 3.8) is 0 Å². The van der Waals surface area contributed by atoms with Gasteiger partial charge in [0.25, 0.3) is 0 Å². The zero-order valence-electron chi connectivity index (χ0n) is 25.5. The number of amides is 1. The molecule has 0 bridgehead atoms. The minimum atomic E-state index is -5.03. The number of alkyl halides is 3. The van der Waals surface area contributed by atoms with Crippen LogP contribution in [0.1, 0.15) is 51.3 Å². The SMILES string of the molecule is COc1cccc(C2OCC(=O)[N@@+](CC(C)(C)C)([C@@]3(C(=O)O)CCNC[C@@H]3C(C)=O)c3ccc(OC(F)(F)F)cc32)c1OC. The highest BCUT2D eigenvalue weighted by Crippen LogP contribution is 2.52. The van der Waals surface area contributed by atoms with Crippen molar-refractivity contribution in [1.29, 1.82) is 0 Å². The minimum absolute atomic E-state index is 0.00233. The molecule has 44 heavy (non-hydrogen) atoms. The smallest absolute Gasteiger partial charge is 0.493 e. The Kier molecular flexibility index (Phi) is 9.07. The molecule has 4 rings (SSSR count). The maximum Gasteiger partial charge on any atom is 0.573 e. The largest absolute Gasteiger partial charge is 0.573 e. The van der Waals surface area contributed by atoms with Gasteiger partial charge in [0.05, 0.1) is 32.2 Å². The van der Waals surface area contributed by atoms with Crippen LogP contribution < -0.4 is 24.0 Å². The van der Waals surface area contributed by atoms with E-state index >= 15 is 0 Å². The van der Waals surface area contributed by atoms with Gasteiger partial charge in [0.2, 0.25) is 5.54 Å². The van der Waals surface area contributed by atoms with Crippen LogP contribution in [0.25, 0.3) is 0 Å². The number of hydrogen-bond acceptors (Lipinski definition) is 8. The van der Waals surface area contributed by atoms with E-state index in [0.29, 0.717) is 11.3 Å². The Bertz CT molecular complexity index is 1440. The second-order valence-electron chi connectivity index (χ2n) is 12.3. The average molecular weight is 624 g/mol. The molecule has 0 aliphatic carbocycles. The summed E-state index contributed by atoms with van der Waals surface area (Å²) in [6.45, 7) is 6.24. The standard InChI is InChI=1S/C31H37F3N2O8/c1-18(37)22-15-35-13-12-30(22,28(39)40)36(17-29(2,3)4)23-11-10-19(44-31(32,33)34)14-21(23)26(43-16-25(36)38)20-8-7-9-24(41-5)27(20)42-6/h7-11,14,22,26,35H,12-13,15-17H2,1-6H3/p+1/t22-,26?,30+,36+/m1/s1. The maximum absolute atomic E-state index is 14.7. The van der Waals surface area contributed by atoms with Crippen LogP contribution in [0.2, 0.25) is 0 Å². The van der Waals surface area contributed by atoms with Gasteiger partial charge in [-0.25, -0.2) is 14.1 Å². The number of carbonyl (C=O) groups is 3. The van der Waals surface area contributed by atoms with E-state index in [4.69, 9.17) is 14.2 Å². The van der Waals surface area contributed by atoms with E-state index < -0.39 is 63.8 Å². The van der Waals surface area contributed by atoms with Crippen LogP contribution in [0.4, 0.5) is 18.9 Å². The van der Waals surface area contributed by atoms with Crippen LogP contribution in [0.5, 0.6) is 17.2 Å². The van der Waals surface area contributed by atoms with Crippen molar-refractivity contribution in [2.24, 2.45) is 11.3 Å². The van der Waals surface area contributed by atoms with E-state index in [2.05, 4.69) is 10.1 Å². The number of methoxy groups -OCH3 is 2. The van der Waals surface area contributed by atoms with Crippen molar-refractivity contribution < 1.29 is 51.6 Å². The van der Waals surface area contributed by atoms with Crippen LogP contribution in [-0.4, -0.2) is 75.1 Å². The van der Waals surface area contributed by atoms with Crippen molar-refractivity contribution in [2.75, 3.05) is 40.5 Å². The number of quaternary nitrogens is 1. The number of fused-ring (bicyclic) bond motifs is 1. The summed E-state index contributed by atoms with van der Waals surface area (Å²) in [5, 5.41) is 14.2. The number of halogens is 3. The third kappa shape index (κ3) is 5.75. The van der Waals surface area contributed by atoms with Crippen LogP contribution in [0.15, 0.2) is 36.4 Å². The Morgan fingerprint density at radius 1 is 1.11 bits per heavy atom. The number of nitrogens with zero attached hydrogens (tertiary/aromatic N) is 1. The molecule has 2 heterocycles. The van der Waals surface area contributed by atoms with Gasteiger partial charge in [0.15, 0.2) is 18.1 Å². The van der Waals surface area contributed by atoms with Crippen LogP contribution in [0.3, 0.4) is 0 Å². The summed E-state index contributed by atoms with van der Waals surface area (Å²) in [5.41, 5.74) is -2.23. The summed E-state index contributed by atoms with van der Waals surface area (Å²) in [7, 11) is 2.81. The first kappa shape index (κ1) is 33.2. The van der Waals surface area contributed by atoms with Crippen LogP contribution >= 0.6 is 0 Å². The Morgan fingerprint density at radius 2 is 1.82 bits per heavy atom. The Labute approximate surface area is 253 Å². The van der Waals surface area contributed by atoms with Crippen molar-refractivity contribution in [3.05, 3.63) is 47.5 Å². The number of carboxylic acid groups (broad SMARTS) is 1. The lowest BCUT2D eigenvalue weighted by Crippen LogP contribution is -2.80. The second kappa shape index (κ2) is 12.0. The molecule has 240 valence electrons. The molecule has 2 aliphatic heterocycles. The van der Waals surface area contributed by atoms with Gasteiger partial charge in [-0.15, -0.1) is 13.2 Å². The summed E-state index contributed by atoms with van der Waals surface area (Å²) in [6.07, 6.45) is -6.35. The van der Waals surface area contributed by atoms with Crippen molar-refractivity contribution in [2.45, 2.75) is 52.1 Å². The molecular weight excluding hydrogens is 585 g/mol. The summed E-state index contributed by atoms with van der Waals surface area (Å²) in [4.78, 5) is 41.5. The molecule has 1 saturated heterocycles. The van der Waals surface area contributed by atoms with Gasteiger partial charge in [-0.1, -0.05) is 32.9 Å². The topological polar surface area (TPSA) is 120 Å². The molecule has 1 fully saturated rings. The molecule has 2 N–H and O–H groups in total. The minimum Gasteiger partial charge on any atom is -0.493 e. The van der Waals surface area contributed by atoms with E-state index in [9.17, 15) is 32.7 Å². The molecule has 13 heteroatoms. The number of hydrogen-bond donors (Lipinski definition) is 2. The highest BCUT2D eigenvalue weighted by molar-refractivity contribution is 6.02. The third-order valence-corrected chi connectivity index (χ3v) is 8.30. The van der Waals surface area contributed by atoms with Gasteiger partial charge in [-0.2, -0.15) is 0 Å². The fourth-order valence-corrected chi connectivity index (χ4v) is 6.84. The number of nitrogens with one attached hydrogen (secondary N) is 1. The van der Waals surface area contributed by atoms with Crippen molar-refractivity contribution >= 4 is 23.3 Å². The Balaban J connectivity index is 2.18. The number of benzene rings is 2. The fourth-order valence-electron chi connectivity index (χ4n) is 6.84. The first-order valence-corrected chi connectivity index (χ1v) is 14.1. The highest BCUT2D eigenvalue weighted by Gasteiger charge is 2.70. The summed E-state index contributed by atoms with van der Waals surface area (Å²) < 4.78 is 61.1. The molecule has 2 aromatic carbocycles. The van der Waals surface area contributed by atoms with Gasteiger partial charge < -0.3 is 29.4 Å². The molecule has 10 nitrogen and oxygen atoms in total. The van der Waals surface area contributed by atoms with E-state index in [0.717, 1.165) is 12.1 Å². The number of ketones is 1. The molecule has 0 aromatic heterocycles. The molecule has 0 spiro atoms. The molecule has 0 saturated carbocycles. The van der Waals surface area contributed by atoms with E-state index in [-0.39, 0.29) is 43.1 Å². The average Bonchev–Trinajstić information content (AvgIpc) is 3.05. The number of aliphatic carboxylic acids is 1. The molecule has 4 atom stereocenters. The van der Waals surface area contributed by atoms with Gasteiger partial charge in [0, 0.05) is 36.6 Å². The van der Waals surface area contributed by atoms with E-state index in [1.54, 1.807) is 18.2 Å². The lowest BCUT2D eigenvalue weighted by molar-refractivity contribution is -0.274. The van der Waals surface area contributed by atoms with Crippen molar-refractivity contribution in [1.82, 2.24) is 9.80 Å². The highest BCUT2D eigenvalue weighted by atomic mass is 19.4. The lowest BCUT2D eigenvalue weighted by atomic mass is 9.70. The van der Waals surface area contributed by atoms with E-state index in [1.165, 1.54) is 27.2 Å². The number of rotatable bonds is 8. The monoisotopic (exact) mass is 623 g/mol. The van der Waals surface area contributed by atoms with Crippen LogP contribution in [-0.2, 0) is 19.1 Å². The Morgan fingerprint density at radius 3 is 2.39 bits per heavy atom. The summed E-state index contributed by atoms with van der Waals surface area (Å²) in [6, 6.07) is 8.34. The van der Waals surface area contributed by atoms with Gasteiger partial charge in [0.1, 0.15) is 23.3 Å². The Hall–Kier alpha value is -3.68. The normalized spacial score (nSPS) is 25.9. The molecule has 1 unspecified atom stereocenters. The second-order valence-corrected chi connectivity index (χ2v) is 12.3. The molecule has 2 aliphatic rings. The molecule has 1 amide bonds. The number of para-hydroxylation sites is 1.